The molecular weight excluding hydrogens is 247 g/mol. The van der Waals surface area contributed by atoms with Crippen molar-refractivity contribution in [2.24, 2.45) is 5.41 Å². The van der Waals surface area contributed by atoms with E-state index in [2.05, 4.69) is 32.7 Å². The Kier molecular flexibility index (Phi) is 3.67. The molecule has 106 valence electrons. The molecule has 2 rings (SSSR count). The van der Waals surface area contributed by atoms with Crippen molar-refractivity contribution in [3.8, 4) is 0 Å². The van der Waals surface area contributed by atoms with Crippen LogP contribution in [0.2, 0.25) is 0 Å². The Hall–Kier alpha value is -1.36. The molecule has 2 aliphatic rings. The van der Waals surface area contributed by atoms with Crippen molar-refractivity contribution in [3.63, 3.8) is 0 Å². The minimum atomic E-state index is -0.811. The van der Waals surface area contributed by atoms with Crippen molar-refractivity contribution < 1.29 is 13.9 Å². The summed E-state index contributed by atoms with van der Waals surface area (Å²) in [5.74, 6) is -1.19. The zero-order valence-corrected chi connectivity index (χ0v) is 11.7. The normalized spacial score (nSPS) is 35.4. The number of rotatable bonds is 3. The zero-order valence-electron chi connectivity index (χ0n) is 11.7. The van der Waals surface area contributed by atoms with Crippen LogP contribution in [0.4, 0.5) is 4.39 Å². The maximum Gasteiger partial charge on any atom is 0.287 e. The van der Waals surface area contributed by atoms with Crippen molar-refractivity contribution in [2.75, 3.05) is 0 Å². The first-order chi connectivity index (χ1) is 8.91. The third-order valence-corrected chi connectivity index (χ3v) is 4.27. The number of ether oxygens (including phenoxy) is 1. The van der Waals surface area contributed by atoms with Gasteiger partial charge in [-0.15, -0.1) is 0 Å². The molecule has 2 heterocycles. The van der Waals surface area contributed by atoms with Crippen LogP contribution < -0.4 is 5.32 Å². The third kappa shape index (κ3) is 2.39. The van der Waals surface area contributed by atoms with Gasteiger partial charge in [0.1, 0.15) is 12.0 Å². The van der Waals surface area contributed by atoms with Crippen molar-refractivity contribution >= 4 is 5.91 Å². The lowest BCUT2D eigenvalue weighted by Gasteiger charge is -2.31. The van der Waals surface area contributed by atoms with Gasteiger partial charge in [0.2, 0.25) is 5.83 Å². The molecule has 0 radical (unpaired) electrons. The summed E-state index contributed by atoms with van der Waals surface area (Å²) in [4.78, 5) is 12.8. The monoisotopic (exact) mass is 268 g/mol. The fraction of sp³-hybridized carbons (Fsp3) is 0.643. The van der Waals surface area contributed by atoms with E-state index >= 15 is 0 Å². The number of nitrogens with zero attached hydrogens (tertiary/aromatic N) is 1. The summed E-state index contributed by atoms with van der Waals surface area (Å²) in [5.41, 5.74) is 0.0749. The molecule has 0 aliphatic carbocycles. The molecule has 0 unspecified atom stereocenters. The fourth-order valence-corrected chi connectivity index (χ4v) is 2.83. The van der Waals surface area contributed by atoms with E-state index in [0.29, 0.717) is 5.82 Å². The standard InChI is InChI=1S/C14H21FN2O2/c1-5-11-14(4,6-2)7-12(19-11)17-8-10(15)13(18)16-9(17)3/h8,11-12H,3,5-7H2,1-2,4H3,(H,16,18)/t11-,12-,14+/m0/s1. The lowest BCUT2D eigenvalue weighted by Crippen LogP contribution is -2.42. The first-order valence-electron chi connectivity index (χ1n) is 6.72. The molecule has 1 N–H and O–H groups in total. The van der Waals surface area contributed by atoms with Crippen LogP contribution in [0.1, 0.15) is 40.0 Å². The highest BCUT2D eigenvalue weighted by Gasteiger charge is 2.45. The first-order valence-corrected chi connectivity index (χ1v) is 6.72. The highest BCUT2D eigenvalue weighted by atomic mass is 19.1. The minimum absolute atomic E-state index is 0.0749. The van der Waals surface area contributed by atoms with Crippen molar-refractivity contribution in [2.45, 2.75) is 52.4 Å². The summed E-state index contributed by atoms with van der Waals surface area (Å²) in [7, 11) is 0. The number of amides is 1. The second kappa shape index (κ2) is 4.96. The van der Waals surface area contributed by atoms with Gasteiger partial charge in [0.15, 0.2) is 0 Å². The predicted molar refractivity (Wildman–Crippen MR) is 70.3 cm³/mol. The van der Waals surface area contributed by atoms with Crippen LogP contribution in [0.25, 0.3) is 0 Å². The van der Waals surface area contributed by atoms with Crippen LogP contribution in [0, 0.1) is 5.41 Å². The Morgan fingerprint density at radius 3 is 2.84 bits per heavy atom. The molecule has 0 aromatic heterocycles. The van der Waals surface area contributed by atoms with E-state index in [9.17, 15) is 9.18 Å². The topological polar surface area (TPSA) is 41.6 Å². The zero-order chi connectivity index (χ0) is 14.2. The van der Waals surface area contributed by atoms with Crippen LogP contribution in [0.3, 0.4) is 0 Å². The van der Waals surface area contributed by atoms with E-state index in [0.717, 1.165) is 19.3 Å². The van der Waals surface area contributed by atoms with Crippen LogP contribution in [0.5, 0.6) is 0 Å². The highest BCUT2D eigenvalue weighted by Crippen LogP contribution is 2.44. The molecule has 0 aromatic rings. The van der Waals surface area contributed by atoms with Gasteiger partial charge in [-0.1, -0.05) is 27.4 Å². The van der Waals surface area contributed by atoms with Gasteiger partial charge in [0.05, 0.1) is 6.10 Å². The Balaban J connectivity index is 2.20. The Labute approximate surface area is 113 Å². The summed E-state index contributed by atoms with van der Waals surface area (Å²) in [6.45, 7) is 10.2. The number of hydrogen-bond donors (Lipinski definition) is 1. The van der Waals surface area contributed by atoms with Crippen LogP contribution in [-0.4, -0.2) is 23.1 Å². The lowest BCUT2D eigenvalue weighted by molar-refractivity contribution is -0.120. The van der Waals surface area contributed by atoms with Gasteiger partial charge in [0.25, 0.3) is 5.91 Å². The van der Waals surface area contributed by atoms with Gasteiger partial charge in [-0.3, -0.25) is 4.79 Å². The van der Waals surface area contributed by atoms with Gasteiger partial charge in [-0.2, -0.15) is 4.39 Å². The van der Waals surface area contributed by atoms with Crippen LogP contribution in [-0.2, 0) is 9.53 Å². The lowest BCUT2D eigenvalue weighted by atomic mass is 9.79. The molecular formula is C14H21FN2O2. The van der Waals surface area contributed by atoms with Crippen LogP contribution >= 0.6 is 0 Å². The molecule has 5 heteroatoms. The second-order valence-electron chi connectivity index (χ2n) is 5.48. The largest absolute Gasteiger partial charge is 0.354 e. The summed E-state index contributed by atoms with van der Waals surface area (Å²) in [5, 5.41) is 2.40. The van der Waals surface area contributed by atoms with Gasteiger partial charge >= 0.3 is 0 Å². The van der Waals surface area contributed by atoms with E-state index in [1.807, 2.05) is 0 Å². The van der Waals surface area contributed by atoms with Gasteiger partial charge < -0.3 is 15.0 Å². The summed E-state index contributed by atoms with van der Waals surface area (Å²) < 4.78 is 19.4. The van der Waals surface area contributed by atoms with E-state index in [1.54, 1.807) is 4.90 Å². The molecule has 0 aromatic carbocycles. The predicted octanol–water partition coefficient (Wildman–Crippen LogP) is 2.64. The maximum atomic E-state index is 13.4. The van der Waals surface area contributed by atoms with E-state index in [-0.39, 0.29) is 17.7 Å². The van der Waals surface area contributed by atoms with Crippen molar-refractivity contribution in [3.05, 3.63) is 24.4 Å². The number of halogens is 1. The van der Waals surface area contributed by atoms with Gasteiger partial charge in [-0.25, -0.2) is 0 Å². The Morgan fingerprint density at radius 2 is 2.32 bits per heavy atom. The molecule has 3 atom stereocenters. The third-order valence-electron chi connectivity index (χ3n) is 4.27. The SMILES string of the molecule is C=C1NC(=O)C(F)=CN1[C@@H]1C[C@@](C)(CC)[C@H](CC)O1. The smallest absolute Gasteiger partial charge is 0.287 e. The Bertz CT molecular complexity index is 435. The summed E-state index contributed by atoms with van der Waals surface area (Å²) in [6, 6.07) is 0. The van der Waals surface area contributed by atoms with E-state index < -0.39 is 11.7 Å². The molecule has 1 amide bonds. The van der Waals surface area contributed by atoms with E-state index in [4.69, 9.17) is 4.74 Å². The Morgan fingerprint density at radius 1 is 1.63 bits per heavy atom. The second-order valence-corrected chi connectivity index (χ2v) is 5.48. The maximum absolute atomic E-state index is 13.4. The van der Waals surface area contributed by atoms with E-state index in [1.165, 1.54) is 6.20 Å². The molecule has 2 aliphatic heterocycles. The molecule has 1 fully saturated rings. The fourth-order valence-electron chi connectivity index (χ4n) is 2.83. The van der Waals surface area contributed by atoms with Crippen LogP contribution in [0.15, 0.2) is 24.4 Å². The molecule has 0 spiro atoms. The molecule has 0 bridgehead atoms. The van der Waals surface area contributed by atoms with Gasteiger partial charge in [-0.05, 0) is 18.3 Å². The molecule has 19 heavy (non-hydrogen) atoms. The average molecular weight is 268 g/mol. The molecule has 4 nitrogen and oxygen atoms in total. The average Bonchev–Trinajstić information content (AvgIpc) is 2.71. The number of nitrogens with one attached hydrogen (secondary N) is 1. The molecule has 1 saturated heterocycles. The molecule has 0 saturated carbocycles. The number of carbonyl (C=O) groups is 1. The quantitative estimate of drug-likeness (QED) is 0.855. The van der Waals surface area contributed by atoms with Crippen molar-refractivity contribution in [1.82, 2.24) is 10.2 Å². The number of hydrogen-bond acceptors (Lipinski definition) is 3. The summed E-state index contributed by atoms with van der Waals surface area (Å²) in [6.07, 6.45) is 3.76. The number of carbonyl (C=O) groups excluding carboxylic acids is 1. The van der Waals surface area contributed by atoms with Gasteiger partial charge in [0, 0.05) is 12.6 Å². The minimum Gasteiger partial charge on any atom is -0.354 e. The highest BCUT2D eigenvalue weighted by molar-refractivity contribution is 5.93. The van der Waals surface area contributed by atoms with Crippen molar-refractivity contribution in [1.29, 1.82) is 0 Å². The summed E-state index contributed by atoms with van der Waals surface area (Å²) >= 11 is 0. The first kappa shape index (κ1) is 14.1.